The van der Waals surface area contributed by atoms with E-state index >= 15 is 0 Å². The molecule has 0 heterocycles. The lowest BCUT2D eigenvalue weighted by atomic mass is 10.2. The topological polar surface area (TPSA) is 36.4 Å². The Balaban J connectivity index is 3.70. The van der Waals surface area contributed by atoms with Crippen molar-refractivity contribution in [1.29, 1.82) is 0 Å². The second kappa shape index (κ2) is 4.32. The molecule has 0 saturated heterocycles. The van der Waals surface area contributed by atoms with E-state index < -0.39 is 0 Å². The van der Waals surface area contributed by atoms with Crippen LogP contribution < -0.4 is 10.9 Å². The maximum Gasteiger partial charge on any atom is 0.113 e. The first-order chi connectivity index (χ1) is 4.22. The molecule has 0 unspecified atom stereocenters. The highest BCUT2D eigenvalue weighted by Gasteiger charge is 1.99. The molecule has 0 aliphatic rings. The summed E-state index contributed by atoms with van der Waals surface area (Å²) in [5.41, 5.74) is 5.75. The lowest BCUT2D eigenvalue weighted by Crippen LogP contribution is -2.37. The molecular formula is C6H15N3. The van der Waals surface area contributed by atoms with Gasteiger partial charge in [-0.2, -0.15) is 0 Å². The standard InChI is InChI=1S/C6H15N3/c1-5(2)6(7-3)9-8-4/h5,8H,1-4H3,(H,7,9). The van der Waals surface area contributed by atoms with Crippen LogP contribution in [0.15, 0.2) is 4.99 Å². The third-order valence-corrected chi connectivity index (χ3v) is 1.04. The third-order valence-electron chi connectivity index (χ3n) is 1.04. The highest BCUT2D eigenvalue weighted by atomic mass is 15.4. The molecule has 0 aliphatic carbocycles. The van der Waals surface area contributed by atoms with Crippen molar-refractivity contribution >= 4 is 5.84 Å². The Morgan fingerprint density at radius 1 is 1.44 bits per heavy atom. The van der Waals surface area contributed by atoms with Crippen molar-refractivity contribution in [3.8, 4) is 0 Å². The quantitative estimate of drug-likeness (QED) is 0.321. The number of aliphatic imine (C=N–C) groups is 1. The summed E-state index contributed by atoms with van der Waals surface area (Å²) in [4.78, 5) is 4.02. The van der Waals surface area contributed by atoms with Gasteiger partial charge in [-0.1, -0.05) is 13.8 Å². The van der Waals surface area contributed by atoms with Crippen LogP contribution in [-0.4, -0.2) is 19.9 Å². The zero-order valence-corrected chi connectivity index (χ0v) is 6.52. The van der Waals surface area contributed by atoms with E-state index in [4.69, 9.17) is 0 Å². The van der Waals surface area contributed by atoms with Crippen molar-refractivity contribution in [3.05, 3.63) is 0 Å². The number of rotatable bonds is 2. The molecule has 3 nitrogen and oxygen atoms in total. The van der Waals surface area contributed by atoms with E-state index in [2.05, 4.69) is 29.7 Å². The Labute approximate surface area is 56.5 Å². The molecular weight excluding hydrogens is 114 g/mol. The minimum atomic E-state index is 0.461. The molecule has 9 heavy (non-hydrogen) atoms. The Kier molecular flexibility index (Phi) is 4.05. The van der Waals surface area contributed by atoms with Crippen molar-refractivity contribution in [3.63, 3.8) is 0 Å². The van der Waals surface area contributed by atoms with E-state index in [1.54, 1.807) is 7.05 Å². The van der Waals surface area contributed by atoms with Gasteiger partial charge in [-0.05, 0) is 0 Å². The van der Waals surface area contributed by atoms with E-state index in [-0.39, 0.29) is 0 Å². The minimum Gasteiger partial charge on any atom is -0.310 e. The predicted octanol–water partition coefficient (Wildman–Crippen LogP) is 0.395. The van der Waals surface area contributed by atoms with Crippen LogP contribution in [0.25, 0.3) is 0 Å². The van der Waals surface area contributed by atoms with Crippen LogP contribution in [0, 0.1) is 5.92 Å². The summed E-state index contributed by atoms with van der Waals surface area (Å²) in [7, 11) is 3.60. The zero-order valence-electron chi connectivity index (χ0n) is 6.52. The molecule has 0 bridgehead atoms. The lowest BCUT2D eigenvalue weighted by molar-refractivity contribution is 0.708. The largest absolute Gasteiger partial charge is 0.310 e. The Morgan fingerprint density at radius 3 is 2.11 bits per heavy atom. The zero-order chi connectivity index (χ0) is 7.28. The van der Waals surface area contributed by atoms with Gasteiger partial charge in [0.05, 0.1) is 0 Å². The van der Waals surface area contributed by atoms with E-state index in [0.717, 1.165) is 5.84 Å². The lowest BCUT2D eigenvalue weighted by Gasteiger charge is -2.09. The molecule has 0 amide bonds. The Morgan fingerprint density at radius 2 is 2.00 bits per heavy atom. The second-order valence-corrected chi connectivity index (χ2v) is 2.14. The van der Waals surface area contributed by atoms with Gasteiger partial charge in [0.15, 0.2) is 0 Å². The smallest absolute Gasteiger partial charge is 0.113 e. The van der Waals surface area contributed by atoms with Crippen LogP contribution in [0.4, 0.5) is 0 Å². The molecule has 0 aromatic heterocycles. The van der Waals surface area contributed by atoms with Gasteiger partial charge in [-0.15, -0.1) is 0 Å². The first kappa shape index (κ1) is 8.43. The molecule has 0 saturated carbocycles. The summed E-state index contributed by atoms with van der Waals surface area (Å²) in [6.45, 7) is 4.18. The first-order valence-electron chi connectivity index (χ1n) is 3.11. The number of nitrogens with zero attached hydrogens (tertiary/aromatic N) is 1. The number of amidine groups is 1. The van der Waals surface area contributed by atoms with Crippen LogP contribution >= 0.6 is 0 Å². The van der Waals surface area contributed by atoms with Gasteiger partial charge < -0.3 is 5.43 Å². The third kappa shape index (κ3) is 3.08. The van der Waals surface area contributed by atoms with Crippen molar-refractivity contribution in [2.75, 3.05) is 14.1 Å². The van der Waals surface area contributed by atoms with Gasteiger partial charge >= 0.3 is 0 Å². The van der Waals surface area contributed by atoms with Crippen LogP contribution in [-0.2, 0) is 0 Å². The van der Waals surface area contributed by atoms with Gasteiger partial charge in [0.25, 0.3) is 0 Å². The molecule has 54 valence electrons. The molecule has 0 fully saturated rings. The van der Waals surface area contributed by atoms with E-state index in [9.17, 15) is 0 Å². The van der Waals surface area contributed by atoms with Gasteiger partial charge in [0.1, 0.15) is 5.84 Å². The van der Waals surface area contributed by atoms with Crippen molar-refractivity contribution in [2.45, 2.75) is 13.8 Å². The molecule has 0 spiro atoms. The number of nitrogens with one attached hydrogen (secondary N) is 2. The van der Waals surface area contributed by atoms with E-state index in [1.807, 2.05) is 7.05 Å². The summed E-state index contributed by atoms with van der Waals surface area (Å²) in [6, 6.07) is 0. The highest BCUT2D eigenvalue weighted by molar-refractivity contribution is 5.83. The van der Waals surface area contributed by atoms with Crippen molar-refractivity contribution < 1.29 is 0 Å². The fraction of sp³-hybridized carbons (Fsp3) is 0.833. The number of hydrogen-bond acceptors (Lipinski definition) is 2. The molecule has 0 radical (unpaired) electrons. The average molecular weight is 129 g/mol. The summed E-state index contributed by atoms with van der Waals surface area (Å²) in [5.74, 6) is 1.44. The predicted molar refractivity (Wildman–Crippen MR) is 40.4 cm³/mol. The number of hydrogen-bond donors (Lipinski definition) is 2. The van der Waals surface area contributed by atoms with Crippen molar-refractivity contribution in [1.82, 2.24) is 10.9 Å². The summed E-state index contributed by atoms with van der Waals surface area (Å²) in [6.07, 6.45) is 0. The maximum absolute atomic E-state index is 4.02. The summed E-state index contributed by atoms with van der Waals surface area (Å²) in [5, 5.41) is 0. The highest BCUT2D eigenvalue weighted by Crippen LogP contribution is 1.90. The molecule has 0 aliphatic heterocycles. The van der Waals surface area contributed by atoms with Crippen LogP contribution in [0.5, 0.6) is 0 Å². The van der Waals surface area contributed by atoms with Crippen molar-refractivity contribution in [2.24, 2.45) is 10.9 Å². The SMILES string of the molecule is C/N=C(\NNC)C(C)C. The Hall–Kier alpha value is -0.570. The maximum atomic E-state index is 4.02. The fourth-order valence-electron chi connectivity index (χ4n) is 0.587. The van der Waals surface area contributed by atoms with Crippen LogP contribution in [0.1, 0.15) is 13.8 Å². The van der Waals surface area contributed by atoms with Gasteiger partial charge in [-0.25, -0.2) is 5.43 Å². The average Bonchev–Trinajstić information content (AvgIpc) is 1.82. The van der Waals surface area contributed by atoms with Crippen LogP contribution in [0.2, 0.25) is 0 Å². The first-order valence-corrected chi connectivity index (χ1v) is 3.11. The molecule has 0 atom stereocenters. The Bertz CT molecular complexity index is 96.5. The second-order valence-electron chi connectivity index (χ2n) is 2.14. The summed E-state index contributed by atoms with van der Waals surface area (Å²) >= 11 is 0. The molecule has 0 aromatic rings. The van der Waals surface area contributed by atoms with Gasteiger partial charge in [0, 0.05) is 20.0 Å². The normalized spacial score (nSPS) is 12.3. The molecule has 2 N–H and O–H groups in total. The number of hydrazine groups is 1. The van der Waals surface area contributed by atoms with E-state index in [0.29, 0.717) is 5.92 Å². The van der Waals surface area contributed by atoms with Crippen LogP contribution in [0.3, 0.4) is 0 Å². The molecule has 3 heteroatoms. The van der Waals surface area contributed by atoms with Gasteiger partial charge in [-0.3, -0.25) is 4.99 Å². The van der Waals surface area contributed by atoms with Gasteiger partial charge in [0.2, 0.25) is 0 Å². The molecule has 0 rings (SSSR count). The monoisotopic (exact) mass is 129 g/mol. The molecule has 0 aromatic carbocycles. The minimum absolute atomic E-state index is 0.461. The summed E-state index contributed by atoms with van der Waals surface area (Å²) < 4.78 is 0. The fourth-order valence-corrected chi connectivity index (χ4v) is 0.587. The van der Waals surface area contributed by atoms with E-state index in [1.165, 1.54) is 0 Å².